The Morgan fingerprint density at radius 2 is 0.400 bits per heavy atom. The Labute approximate surface area is 267 Å². The molecule has 0 aromatic carbocycles. The highest BCUT2D eigenvalue weighted by atomic mass is 35.8. The molecule has 0 spiro atoms. The molecule has 0 heterocycles. The minimum atomic E-state index is -2.37. The molecule has 0 radical (unpaired) electrons. The molecule has 0 aliphatic carbocycles. The molecule has 0 aliphatic rings. The van der Waals surface area contributed by atoms with E-state index >= 15 is 0 Å². The van der Waals surface area contributed by atoms with E-state index in [9.17, 15) is 0 Å². The Morgan fingerprint density at radius 3 is 0.550 bits per heavy atom. The van der Waals surface area contributed by atoms with Gasteiger partial charge >= 0.3 is 6.00 Å². The second-order valence-corrected chi connectivity index (χ2v) is 22.0. The Bertz CT molecular complexity index is 458. The van der Waals surface area contributed by atoms with Crippen LogP contribution < -0.4 is 0 Å². The van der Waals surface area contributed by atoms with Gasteiger partial charge in [-0.2, -0.15) is 0 Å². The summed E-state index contributed by atoms with van der Waals surface area (Å²) in [5.41, 5.74) is 0. The lowest BCUT2D eigenvalue weighted by Crippen LogP contribution is -2.07. The molecule has 0 aromatic heterocycles. The van der Waals surface area contributed by atoms with Crippen LogP contribution in [-0.2, 0) is 0 Å². The van der Waals surface area contributed by atoms with Crippen LogP contribution in [0, 0.1) is 0 Å². The van der Waals surface area contributed by atoms with Crippen LogP contribution in [0.3, 0.4) is 0 Å². The summed E-state index contributed by atoms with van der Waals surface area (Å²) in [4.78, 5) is 0. The smallest absolute Gasteiger partial charge is 0.341 e. The SMILES string of the molecule is OCCCCCCCCCCCCCCCCCCCCCCCCCCCCCCCCCCC[Si](Cl)(Cl)Cl. The van der Waals surface area contributed by atoms with Gasteiger partial charge in [0, 0.05) is 6.61 Å². The van der Waals surface area contributed by atoms with Crippen LogP contribution in [0.5, 0.6) is 0 Å². The molecule has 242 valence electrons. The van der Waals surface area contributed by atoms with Gasteiger partial charge in [-0.25, -0.2) is 0 Å². The second kappa shape index (κ2) is 34.5. The van der Waals surface area contributed by atoms with Crippen molar-refractivity contribution in [3.63, 3.8) is 0 Å². The first-order valence-corrected chi connectivity index (χ1v) is 23.5. The average Bonchev–Trinajstić information content (AvgIpc) is 2.92. The minimum Gasteiger partial charge on any atom is -0.396 e. The van der Waals surface area contributed by atoms with Crippen LogP contribution in [0.15, 0.2) is 0 Å². The molecule has 5 heteroatoms. The standard InChI is InChI=1S/C35H71Cl3OSi/c36-40(37,38)35-33-31-29-27-25-23-21-19-17-15-13-11-9-7-5-3-1-2-4-6-8-10-12-14-16-18-20-22-24-26-28-30-32-34-39/h39H,1-35H2. The lowest BCUT2D eigenvalue weighted by atomic mass is 10.0. The summed E-state index contributed by atoms with van der Waals surface area (Å²) in [6.07, 6.45) is 46.1. The fraction of sp³-hybridized carbons (Fsp3) is 1.00. The molecule has 0 aliphatic heterocycles. The normalized spacial score (nSPS) is 12.0. The monoisotopic (exact) mass is 640 g/mol. The number of unbranched alkanes of at least 4 members (excludes halogenated alkanes) is 32. The molecule has 0 unspecified atom stereocenters. The number of aliphatic hydroxyl groups is 1. The number of hydrogen-bond donors (Lipinski definition) is 1. The van der Waals surface area contributed by atoms with Crippen molar-refractivity contribution in [2.45, 2.75) is 218 Å². The van der Waals surface area contributed by atoms with Crippen LogP contribution in [-0.4, -0.2) is 17.7 Å². The molecular weight excluding hydrogens is 571 g/mol. The first-order chi connectivity index (χ1) is 19.6. The molecule has 0 saturated heterocycles. The largest absolute Gasteiger partial charge is 0.396 e. The predicted octanol–water partition coefficient (Wildman–Crippen LogP) is 14.5. The van der Waals surface area contributed by atoms with Gasteiger partial charge in [-0.15, -0.1) is 33.2 Å². The minimum absolute atomic E-state index is 0.370. The van der Waals surface area contributed by atoms with E-state index in [-0.39, 0.29) is 0 Å². The van der Waals surface area contributed by atoms with Gasteiger partial charge in [-0.05, 0) is 12.5 Å². The Balaban J connectivity index is 3.04. The van der Waals surface area contributed by atoms with Crippen LogP contribution >= 0.6 is 33.2 Å². The van der Waals surface area contributed by atoms with Crippen molar-refractivity contribution >= 4 is 39.2 Å². The van der Waals surface area contributed by atoms with Crippen molar-refractivity contribution in [3.05, 3.63) is 0 Å². The third-order valence-corrected chi connectivity index (χ3v) is 11.2. The third kappa shape index (κ3) is 39.0. The van der Waals surface area contributed by atoms with Crippen molar-refractivity contribution in [2.75, 3.05) is 6.61 Å². The fourth-order valence-corrected chi connectivity index (χ4v) is 7.77. The first kappa shape index (κ1) is 41.0. The Hall–Kier alpha value is 1.05. The van der Waals surface area contributed by atoms with E-state index in [0.717, 1.165) is 18.9 Å². The maximum absolute atomic E-state index is 8.79. The fourth-order valence-electron chi connectivity index (χ4n) is 5.92. The van der Waals surface area contributed by atoms with Crippen LogP contribution in [0.1, 0.15) is 212 Å². The van der Waals surface area contributed by atoms with Crippen molar-refractivity contribution in [3.8, 4) is 0 Å². The van der Waals surface area contributed by atoms with Gasteiger partial charge in [-0.3, -0.25) is 0 Å². The van der Waals surface area contributed by atoms with Crippen molar-refractivity contribution < 1.29 is 5.11 Å². The number of rotatable bonds is 35. The summed E-state index contributed by atoms with van der Waals surface area (Å²) in [6, 6.07) is -1.54. The molecule has 0 bridgehead atoms. The first-order valence-electron chi connectivity index (χ1n) is 18.2. The maximum atomic E-state index is 8.79. The van der Waals surface area contributed by atoms with E-state index in [1.807, 2.05) is 0 Å². The van der Waals surface area contributed by atoms with Gasteiger partial charge in [0.1, 0.15) is 0 Å². The summed E-state index contributed by atoms with van der Waals surface area (Å²) in [5.74, 6) is 0. The van der Waals surface area contributed by atoms with E-state index in [0.29, 0.717) is 6.61 Å². The lowest BCUT2D eigenvalue weighted by molar-refractivity contribution is 0.282. The van der Waals surface area contributed by atoms with E-state index < -0.39 is 6.00 Å². The van der Waals surface area contributed by atoms with E-state index in [2.05, 4.69) is 0 Å². The van der Waals surface area contributed by atoms with Crippen LogP contribution in [0.4, 0.5) is 0 Å². The van der Waals surface area contributed by atoms with Crippen molar-refractivity contribution in [1.29, 1.82) is 0 Å². The number of halogens is 3. The average molecular weight is 642 g/mol. The quantitative estimate of drug-likeness (QED) is 0.0414. The lowest BCUT2D eigenvalue weighted by Gasteiger charge is -2.07. The van der Waals surface area contributed by atoms with Gasteiger partial charge in [0.2, 0.25) is 0 Å². The second-order valence-electron chi connectivity index (χ2n) is 12.8. The molecule has 1 nitrogen and oxygen atoms in total. The summed E-state index contributed by atoms with van der Waals surface area (Å²) < 4.78 is 0. The highest BCUT2D eigenvalue weighted by molar-refractivity contribution is 7.64. The highest BCUT2D eigenvalue weighted by Crippen LogP contribution is 2.27. The highest BCUT2D eigenvalue weighted by Gasteiger charge is 2.23. The summed E-state index contributed by atoms with van der Waals surface area (Å²) in [7, 11) is 0. The van der Waals surface area contributed by atoms with Crippen molar-refractivity contribution in [1.82, 2.24) is 0 Å². The molecule has 1 N–H and O–H groups in total. The summed E-state index contributed by atoms with van der Waals surface area (Å²) in [5, 5.41) is 8.79. The molecule has 0 amide bonds. The molecule has 0 saturated carbocycles. The van der Waals surface area contributed by atoms with E-state index in [1.165, 1.54) is 199 Å². The third-order valence-electron chi connectivity index (χ3n) is 8.62. The van der Waals surface area contributed by atoms with Crippen molar-refractivity contribution in [2.24, 2.45) is 0 Å². The molecule has 0 fully saturated rings. The Kier molecular flexibility index (Phi) is 35.4. The zero-order chi connectivity index (χ0) is 29.2. The molecule has 0 atom stereocenters. The van der Waals surface area contributed by atoms with Gasteiger partial charge in [-0.1, -0.05) is 205 Å². The molecule has 40 heavy (non-hydrogen) atoms. The van der Waals surface area contributed by atoms with Crippen LogP contribution in [0.25, 0.3) is 0 Å². The van der Waals surface area contributed by atoms with Crippen LogP contribution in [0.2, 0.25) is 6.04 Å². The zero-order valence-electron chi connectivity index (χ0n) is 26.8. The Morgan fingerprint density at radius 1 is 0.250 bits per heavy atom. The maximum Gasteiger partial charge on any atom is 0.341 e. The zero-order valence-corrected chi connectivity index (χ0v) is 30.1. The topological polar surface area (TPSA) is 20.2 Å². The number of aliphatic hydroxyl groups excluding tert-OH is 1. The molecule has 0 rings (SSSR count). The predicted molar refractivity (Wildman–Crippen MR) is 188 cm³/mol. The number of hydrogen-bond acceptors (Lipinski definition) is 1. The van der Waals surface area contributed by atoms with E-state index in [1.54, 1.807) is 0 Å². The van der Waals surface area contributed by atoms with Gasteiger partial charge < -0.3 is 5.11 Å². The van der Waals surface area contributed by atoms with E-state index in [4.69, 9.17) is 38.3 Å². The molecular formula is C35H71Cl3OSi. The van der Waals surface area contributed by atoms with Gasteiger partial charge in [0.15, 0.2) is 0 Å². The summed E-state index contributed by atoms with van der Waals surface area (Å²) in [6.45, 7) is 0.370. The molecule has 0 aromatic rings. The summed E-state index contributed by atoms with van der Waals surface area (Å²) >= 11 is 17.8. The van der Waals surface area contributed by atoms with Gasteiger partial charge in [0.25, 0.3) is 0 Å². The van der Waals surface area contributed by atoms with Gasteiger partial charge in [0.05, 0.1) is 0 Å².